The third kappa shape index (κ3) is 3.33. The number of anilines is 1. The topological polar surface area (TPSA) is 115 Å². The van der Waals surface area contributed by atoms with E-state index < -0.39 is 17.2 Å². The Morgan fingerprint density at radius 1 is 1.21 bits per heavy atom. The molecular weight excluding hydrogens is 372 g/mol. The van der Waals surface area contributed by atoms with Gasteiger partial charge in [-0.3, -0.25) is 19.1 Å². The Bertz CT molecular complexity index is 1330. The van der Waals surface area contributed by atoms with Crippen LogP contribution in [0.4, 0.5) is 5.69 Å². The number of fused-ring (bicyclic) bond motifs is 1. The van der Waals surface area contributed by atoms with Crippen LogP contribution in [0.2, 0.25) is 0 Å². The van der Waals surface area contributed by atoms with Crippen LogP contribution < -0.4 is 16.6 Å². The number of benzene rings is 1. The summed E-state index contributed by atoms with van der Waals surface area (Å²) < 4.78 is 2.90. The Morgan fingerprint density at radius 2 is 2.03 bits per heavy atom. The lowest BCUT2D eigenvalue weighted by Gasteiger charge is -2.11. The fourth-order valence-corrected chi connectivity index (χ4v) is 3.10. The number of hydrogen-bond acceptors (Lipinski definition) is 5. The van der Waals surface area contributed by atoms with Crippen LogP contribution in [0.1, 0.15) is 23.0 Å². The number of H-pyrrole nitrogens is 1. The fourth-order valence-electron chi connectivity index (χ4n) is 3.10. The molecule has 146 valence electrons. The number of pyridine rings is 1. The van der Waals surface area contributed by atoms with Gasteiger partial charge in [0.05, 0.1) is 16.6 Å². The average Bonchev–Trinajstić information content (AvgIpc) is 3.26. The van der Waals surface area contributed by atoms with Crippen LogP contribution >= 0.6 is 0 Å². The van der Waals surface area contributed by atoms with Crippen molar-refractivity contribution in [2.45, 2.75) is 13.3 Å². The van der Waals surface area contributed by atoms with Crippen molar-refractivity contribution in [1.29, 1.82) is 0 Å². The Morgan fingerprint density at radius 3 is 2.76 bits per heavy atom. The molecule has 29 heavy (non-hydrogen) atoms. The molecule has 4 aromatic rings. The minimum absolute atomic E-state index is 0.0741. The van der Waals surface area contributed by atoms with Gasteiger partial charge in [-0.05, 0) is 36.8 Å². The fraction of sp³-hybridized carbons (Fsp3) is 0.150. The molecule has 1 amide bonds. The number of carbonyl (C=O) groups excluding carboxylic acids is 1. The number of nitrogens with zero attached hydrogens (tertiary/aromatic N) is 4. The van der Waals surface area contributed by atoms with Crippen molar-refractivity contribution in [2.24, 2.45) is 7.05 Å². The molecule has 0 saturated heterocycles. The molecular formula is C20H18N6O3. The maximum absolute atomic E-state index is 13.0. The molecule has 0 fully saturated rings. The van der Waals surface area contributed by atoms with E-state index in [1.165, 1.54) is 11.6 Å². The average molecular weight is 390 g/mol. The van der Waals surface area contributed by atoms with E-state index in [2.05, 4.69) is 20.4 Å². The number of aromatic nitrogens is 5. The van der Waals surface area contributed by atoms with Crippen molar-refractivity contribution in [2.75, 3.05) is 5.32 Å². The summed E-state index contributed by atoms with van der Waals surface area (Å²) >= 11 is 0. The largest absolute Gasteiger partial charge is 0.329 e. The Balaban J connectivity index is 1.80. The van der Waals surface area contributed by atoms with Crippen LogP contribution in [0.5, 0.6) is 0 Å². The second-order valence-electron chi connectivity index (χ2n) is 6.49. The monoisotopic (exact) mass is 390 g/mol. The summed E-state index contributed by atoms with van der Waals surface area (Å²) in [5.74, 6) is -0.464. The molecule has 3 heterocycles. The highest BCUT2D eigenvalue weighted by Gasteiger charge is 2.18. The molecule has 4 rings (SSSR count). The highest BCUT2D eigenvalue weighted by molar-refractivity contribution is 6.11. The SMILES string of the molecule is CCc1cc(C(=O)Nc2cccc(-n3cccn3)c2)c2c(=O)[nH]c(=O)n(C)c2n1. The first-order valence-electron chi connectivity index (χ1n) is 9.02. The van der Waals surface area contributed by atoms with Crippen LogP contribution in [-0.4, -0.2) is 30.2 Å². The van der Waals surface area contributed by atoms with Gasteiger partial charge in [0, 0.05) is 30.8 Å². The molecule has 0 radical (unpaired) electrons. The number of carbonyl (C=O) groups is 1. The van der Waals surface area contributed by atoms with Gasteiger partial charge in [-0.15, -0.1) is 0 Å². The minimum Gasteiger partial charge on any atom is -0.322 e. The number of aromatic amines is 1. The third-order valence-electron chi connectivity index (χ3n) is 4.60. The van der Waals surface area contributed by atoms with Gasteiger partial charge in [0.2, 0.25) is 0 Å². The summed E-state index contributed by atoms with van der Waals surface area (Å²) in [7, 11) is 1.50. The van der Waals surface area contributed by atoms with Crippen molar-refractivity contribution in [1.82, 2.24) is 24.3 Å². The number of rotatable bonds is 4. The zero-order chi connectivity index (χ0) is 20.5. The van der Waals surface area contributed by atoms with E-state index in [4.69, 9.17) is 0 Å². The molecule has 9 nitrogen and oxygen atoms in total. The standard InChI is InChI=1S/C20H18N6O3/c1-3-12-11-15(16-17(22-12)25(2)20(29)24-19(16)28)18(27)23-13-6-4-7-14(10-13)26-9-5-8-21-26/h4-11H,3H2,1-2H3,(H,23,27)(H,24,28,29). The van der Waals surface area contributed by atoms with Crippen molar-refractivity contribution in [3.05, 3.63) is 80.9 Å². The van der Waals surface area contributed by atoms with E-state index >= 15 is 0 Å². The van der Waals surface area contributed by atoms with Gasteiger partial charge in [0.25, 0.3) is 11.5 Å². The van der Waals surface area contributed by atoms with E-state index in [1.807, 2.05) is 13.0 Å². The normalized spacial score (nSPS) is 11.0. The van der Waals surface area contributed by atoms with E-state index in [0.717, 1.165) is 5.69 Å². The maximum Gasteiger partial charge on any atom is 0.329 e. The molecule has 0 aliphatic carbocycles. The van der Waals surface area contributed by atoms with E-state index in [9.17, 15) is 14.4 Å². The second-order valence-corrected chi connectivity index (χ2v) is 6.49. The maximum atomic E-state index is 13.0. The molecule has 0 aliphatic heterocycles. The summed E-state index contributed by atoms with van der Waals surface area (Å²) in [4.78, 5) is 44.0. The van der Waals surface area contributed by atoms with Crippen molar-refractivity contribution in [3.63, 3.8) is 0 Å². The second kappa shape index (κ2) is 7.19. The highest BCUT2D eigenvalue weighted by atomic mass is 16.2. The van der Waals surface area contributed by atoms with Crippen LogP contribution in [-0.2, 0) is 13.5 Å². The first-order chi connectivity index (χ1) is 14.0. The molecule has 0 atom stereocenters. The van der Waals surface area contributed by atoms with E-state index in [1.54, 1.807) is 47.4 Å². The van der Waals surface area contributed by atoms with Crippen LogP contribution in [0.25, 0.3) is 16.7 Å². The lowest BCUT2D eigenvalue weighted by molar-refractivity contribution is 0.102. The smallest absolute Gasteiger partial charge is 0.322 e. The first-order valence-corrected chi connectivity index (χ1v) is 9.02. The summed E-state index contributed by atoms with van der Waals surface area (Å²) in [5.41, 5.74) is 1.04. The molecule has 0 unspecified atom stereocenters. The summed E-state index contributed by atoms with van der Waals surface area (Å²) in [6.45, 7) is 1.88. The lowest BCUT2D eigenvalue weighted by Crippen LogP contribution is -2.31. The molecule has 9 heteroatoms. The Hall–Kier alpha value is -4.01. The van der Waals surface area contributed by atoms with Crippen molar-refractivity contribution >= 4 is 22.6 Å². The van der Waals surface area contributed by atoms with Gasteiger partial charge < -0.3 is 5.32 Å². The van der Waals surface area contributed by atoms with Gasteiger partial charge in [0.1, 0.15) is 5.65 Å². The first kappa shape index (κ1) is 18.4. The van der Waals surface area contributed by atoms with Gasteiger partial charge in [-0.1, -0.05) is 13.0 Å². The molecule has 3 aromatic heterocycles. The lowest BCUT2D eigenvalue weighted by atomic mass is 10.1. The highest BCUT2D eigenvalue weighted by Crippen LogP contribution is 2.18. The summed E-state index contributed by atoms with van der Waals surface area (Å²) in [6.07, 6.45) is 4.01. The minimum atomic E-state index is -0.645. The van der Waals surface area contributed by atoms with Crippen LogP contribution in [0, 0.1) is 0 Å². The quantitative estimate of drug-likeness (QED) is 0.550. The zero-order valence-corrected chi connectivity index (χ0v) is 15.8. The van der Waals surface area contributed by atoms with Gasteiger partial charge in [0.15, 0.2) is 0 Å². The van der Waals surface area contributed by atoms with Crippen molar-refractivity contribution < 1.29 is 4.79 Å². The summed E-state index contributed by atoms with van der Waals surface area (Å²) in [6, 6.07) is 10.6. The zero-order valence-electron chi connectivity index (χ0n) is 15.8. The molecule has 0 aliphatic rings. The van der Waals surface area contributed by atoms with Crippen LogP contribution in [0.3, 0.4) is 0 Å². The van der Waals surface area contributed by atoms with E-state index in [-0.39, 0.29) is 16.6 Å². The van der Waals surface area contributed by atoms with Gasteiger partial charge >= 0.3 is 5.69 Å². The predicted molar refractivity (Wildman–Crippen MR) is 108 cm³/mol. The molecule has 2 N–H and O–H groups in total. The third-order valence-corrected chi connectivity index (χ3v) is 4.60. The number of amides is 1. The Labute approximate surface area is 164 Å². The predicted octanol–water partition coefficient (Wildman–Crippen LogP) is 1.62. The molecule has 0 bridgehead atoms. The van der Waals surface area contributed by atoms with Gasteiger partial charge in [-0.2, -0.15) is 5.10 Å². The number of hydrogen-bond donors (Lipinski definition) is 2. The van der Waals surface area contributed by atoms with Crippen LogP contribution in [0.15, 0.2) is 58.4 Å². The van der Waals surface area contributed by atoms with Crippen molar-refractivity contribution in [3.8, 4) is 5.69 Å². The number of nitrogens with one attached hydrogen (secondary N) is 2. The van der Waals surface area contributed by atoms with Gasteiger partial charge in [-0.25, -0.2) is 14.5 Å². The van der Waals surface area contributed by atoms with E-state index in [0.29, 0.717) is 17.8 Å². The summed E-state index contributed by atoms with van der Waals surface area (Å²) in [5, 5.41) is 7.07. The molecule has 1 aromatic carbocycles. The number of aryl methyl sites for hydroxylation is 2. The molecule has 0 saturated carbocycles. The Kier molecular flexibility index (Phi) is 4.55. The molecule has 0 spiro atoms.